The number of ether oxygens (including phenoxy) is 2. The SMILES string of the molecule is COc1cc(-c2nc(Nc3ccc4[nH]ncc4c3Cl)n(CC(C)C)n2)ccc1OCC(=O)NC(C)C. The standard InChI is InChI=1S/C25H30ClN7O3/c1-14(2)12-33-25(29-19-8-7-18-17(23(19)26)11-27-31-18)30-24(32-33)16-6-9-20(21(10-16)35-5)36-13-22(34)28-15(3)4/h6-11,14-15H,12-13H2,1-5H3,(H,27,31)(H,28,34)(H,29,30,32). The second kappa shape index (κ2) is 10.9. The summed E-state index contributed by atoms with van der Waals surface area (Å²) >= 11 is 6.61. The first-order valence-corrected chi connectivity index (χ1v) is 12.1. The molecule has 0 saturated carbocycles. The van der Waals surface area contributed by atoms with E-state index < -0.39 is 0 Å². The smallest absolute Gasteiger partial charge is 0.258 e. The van der Waals surface area contributed by atoms with E-state index in [9.17, 15) is 4.79 Å². The van der Waals surface area contributed by atoms with Crippen molar-refractivity contribution in [3.63, 3.8) is 0 Å². The fraction of sp³-hybridized carbons (Fsp3) is 0.360. The molecular formula is C25H30ClN7O3. The van der Waals surface area contributed by atoms with Gasteiger partial charge in [0.25, 0.3) is 5.91 Å². The van der Waals surface area contributed by atoms with Gasteiger partial charge in [-0.2, -0.15) is 10.1 Å². The minimum absolute atomic E-state index is 0.0386. The Morgan fingerprint density at radius 2 is 1.97 bits per heavy atom. The average molecular weight is 512 g/mol. The average Bonchev–Trinajstić information content (AvgIpc) is 3.46. The summed E-state index contributed by atoms with van der Waals surface area (Å²) in [5.41, 5.74) is 2.30. The Morgan fingerprint density at radius 1 is 1.17 bits per heavy atom. The number of carbonyl (C=O) groups excluding carboxylic acids is 1. The van der Waals surface area contributed by atoms with Gasteiger partial charge in [0.15, 0.2) is 23.9 Å². The number of carbonyl (C=O) groups is 1. The number of aromatic nitrogens is 5. The molecule has 0 aliphatic heterocycles. The highest BCUT2D eigenvalue weighted by Crippen LogP contribution is 2.34. The van der Waals surface area contributed by atoms with Crippen LogP contribution in [0, 0.1) is 5.92 Å². The Labute approximate surface area is 214 Å². The van der Waals surface area contributed by atoms with Crippen LogP contribution in [0.4, 0.5) is 11.6 Å². The molecule has 11 heteroatoms. The zero-order chi connectivity index (χ0) is 25.8. The van der Waals surface area contributed by atoms with Crippen LogP contribution in [0.1, 0.15) is 27.7 Å². The fourth-order valence-corrected chi connectivity index (χ4v) is 3.92. The Kier molecular flexibility index (Phi) is 7.64. The highest BCUT2D eigenvalue weighted by atomic mass is 35.5. The molecule has 2 aromatic heterocycles. The largest absolute Gasteiger partial charge is 0.493 e. The zero-order valence-corrected chi connectivity index (χ0v) is 21.7. The van der Waals surface area contributed by atoms with E-state index in [-0.39, 0.29) is 18.6 Å². The van der Waals surface area contributed by atoms with Crippen molar-refractivity contribution in [1.82, 2.24) is 30.3 Å². The van der Waals surface area contributed by atoms with Gasteiger partial charge in [0, 0.05) is 23.5 Å². The number of nitrogens with zero attached hydrogens (tertiary/aromatic N) is 4. The molecule has 0 bridgehead atoms. The molecule has 0 aliphatic carbocycles. The van der Waals surface area contributed by atoms with Crippen LogP contribution in [-0.4, -0.2) is 50.6 Å². The Hall–Kier alpha value is -3.79. The third-order valence-electron chi connectivity index (χ3n) is 5.24. The molecule has 190 valence electrons. The quantitative estimate of drug-likeness (QED) is 0.280. The molecule has 0 spiro atoms. The molecule has 4 rings (SSSR count). The fourth-order valence-electron chi connectivity index (χ4n) is 3.66. The van der Waals surface area contributed by atoms with Gasteiger partial charge < -0.3 is 20.1 Å². The molecule has 0 unspecified atom stereocenters. The van der Waals surface area contributed by atoms with Crippen LogP contribution < -0.4 is 20.1 Å². The molecule has 3 N–H and O–H groups in total. The van der Waals surface area contributed by atoms with Crippen molar-refractivity contribution < 1.29 is 14.3 Å². The van der Waals surface area contributed by atoms with E-state index in [1.165, 1.54) is 0 Å². The second-order valence-corrected chi connectivity index (χ2v) is 9.47. The lowest BCUT2D eigenvalue weighted by Gasteiger charge is -2.12. The number of nitrogens with one attached hydrogen (secondary N) is 3. The lowest BCUT2D eigenvalue weighted by Crippen LogP contribution is -2.34. The number of anilines is 2. The Bertz CT molecular complexity index is 1360. The van der Waals surface area contributed by atoms with Gasteiger partial charge in [0.05, 0.1) is 29.5 Å². The van der Waals surface area contributed by atoms with Crippen LogP contribution in [0.3, 0.4) is 0 Å². The van der Waals surface area contributed by atoms with Gasteiger partial charge in [-0.3, -0.25) is 9.89 Å². The van der Waals surface area contributed by atoms with Gasteiger partial charge in [0.2, 0.25) is 5.95 Å². The zero-order valence-electron chi connectivity index (χ0n) is 20.9. The molecule has 4 aromatic rings. The van der Waals surface area contributed by atoms with Crippen molar-refractivity contribution in [3.05, 3.63) is 41.6 Å². The number of amides is 1. The van der Waals surface area contributed by atoms with Crippen LogP contribution in [-0.2, 0) is 11.3 Å². The maximum Gasteiger partial charge on any atom is 0.258 e. The monoisotopic (exact) mass is 511 g/mol. The summed E-state index contributed by atoms with van der Waals surface area (Å²) in [4.78, 5) is 16.7. The lowest BCUT2D eigenvalue weighted by atomic mass is 10.2. The highest BCUT2D eigenvalue weighted by Gasteiger charge is 2.17. The first kappa shape index (κ1) is 25.3. The first-order valence-electron chi connectivity index (χ1n) is 11.7. The molecule has 10 nitrogen and oxygen atoms in total. The van der Waals surface area contributed by atoms with Crippen LogP contribution in [0.25, 0.3) is 22.3 Å². The normalized spacial score (nSPS) is 11.3. The number of hydrogen-bond donors (Lipinski definition) is 3. The summed E-state index contributed by atoms with van der Waals surface area (Å²) in [6.45, 7) is 8.56. The van der Waals surface area contributed by atoms with E-state index in [1.54, 1.807) is 25.4 Å². The summed E-state index contributed by atoms with van der Waals surface area (Å²) < 4.78 is 13.0. The number of hydrogen-bond acceptors (Lipinski definition) is 7. The lowest BCUT2D eigenvalue weighted by molar-refractivity contribution is -0.123. The summed E-state index contributed by atoms with van der Waals surface area (Å²) in [5.74, 6) is 2.16. The topological polar surface area (TPSA) is 119 Å². The molecule has 2 heterocycles. The van der Waals surface area contributed by atoms with Crippen LogP contribution in [0.5, 0.6) is 11.5 Å². The second-order valence-electron chi connectivity index (χ2n) is 9.09. The maximum absolute atomic E-state index is 12.0. The molecule has 0 aliphatic rings. The first-order chi connectivity index (χ1) is 17.2. The number of H-pyrrole nitrogens is 1. The third kappa shape index (κ3) is 5.71. The van der Waals surface area contributed by atoms with Gasteiger partial charge in [-0.1, -0.05) is 25.4 Å². The van der Waals surface area contributed by atoms with E-state index >= 15 is 0 Å². The van der Waals surface area contributed by atoms with E-state index in [0.29, 0.717) is 46.4 Å². The minimum atomic E-state index is -0.201. The van der Waals surface area contributed by atoms with Crippen molar-refractivity contribution in [2.45, 2.75) is 40.3 Å². The molecule has 0 radical (unpaired) electrons. The number of fused-ring (bicyclic) bond motifs is 1. The number of aromatic amines is 1. The molecular weight excluding hydrogens is 482 g/mol. The molecule has 0 fully saturated rings. The van der Waals surface area contributed by atoms with E-state index in [1.807, 2.05) is 36.7 Å². The predicted molar refractivity (Wildman–Crippen MR) is 140 cm³/mol. The Balaban J connectivity index is 1.61. The van der Waals surface area contributed by atoms with Crippen molar-refractivity contribution >= 4 is 40.0 Å². The van der Waals surface area contributed by atoms with Crippen molar-refractivity contribution in [3.8, 4) is 22.9 Å². The van der Waals surface area contributed by atoms with Gasteiger partial charge in [0.1, 0.15) is 0 Å². The predicted octanol–water partition coefficient (Wildman–Crippen LogP) is 4.79. The summed E-state index contributed by atoms with van der Waals surface area (Å²) in [7, 11) is 1.55. The summed E-state index contributed by atoms with van der Waals surface area (Å²) in [6, 6.07) is 9.20. The van der Waals surface area contributed by atoms with Crippen molar-refractivity contribution in [1.29, 1.82) is 0 Å². The van der Waals surface area contributed by atoms with Gasteiger partial charge in [-0.15, -0.1) is 5.10 Å². The minimum Gasteiger partial charge on any atom is -0.493 e. The van der Waals surface area contributed by atoms with E-state index in [2.05, 4.69) is 34.7 Å². The number of rotatable bonds is 10. The third-order valence-corrected chi connectivity index (χ3v) is 5.65. The maximum atomic E-state index is 12.0. The van der Waals surface area contributed by atoms with E-state index in [0.717, 1.165) is 16.5 Å². The van der Waals surface area contributed by atoms with Crippen molar-refractivity contribution in [2.24, 2.45) is 5.92 Å². The molecule has 36 heavy (non-hydrogen) atoms. The van der Waals surface area contributed by atoms with Crippen LogP contribution in [0.2, 0.25) is 5.02 Å². The number of halogens is 1. The molecule has 0 atom stereocenters. The van der Waals surface area contributed by atoms with Gasteiger partial charge >= 0.3 is 0 Å². The van der Waals surface area contributed by atoms with Gasteiger partial charge in [-0.05, 0) is 50.1 Å². The summed E-state index contributed by atoms with van der Waals surface area (Å²) in [5, 5.41) is 19.2. The van der Waals surface area contributed by atoms with Crippen LogP contribution in [0.15, 0.2) is 36.5 Å². The number of benzene rings is 2. The molecule has 0 saturated heterocycles. The summed E-state index contributed by atoms with van der Waals surface area (Å²) in [6.07, 6.45) is 1.69. The van der Waals surface area contributed by atoms with Gasteiger partial charge in [-0.25, -0.2) is 4.68 Å². The molecule has 2 aromatic carbocycles. The number of methoxy groups -OCH3 is 1. The molecule has 1 amide bonds. The van der Waals surface area contributed by atoms with Crippen LogP contribution >= 0.6 is 11.6 Å². The van der Waals surface area contributed by atoms with Crippen molar-refractivity contribution in [2.75, 3.05) is 19.0 Å². The van der Waals surface area contributed by atoms with E-state index in [4.69, 9.17) is 31.2 Å². The highest BCUT2D eigenvalue weighted by molar-refractivity contribution is 6.38. The Morgan fingerprint density at radius 3 is 2.69 bits per heavy atom.